The Hall–Kier alpha value is -3.42. The fraction of sp³-hybridized carbons (Fsp3) is 0.263. The number of rotatable bonds is 5. The van der Waals surface area contributed by atoms with Crippen LogP contribution in [0.1, 0.15) is 29.9 Å². The van der Waals surface area contributed by atoms with Crippen LogP contribution in [-0.4, -0.2) is 33.5 Å². The number of fused-ring (bicyclic) bond motifs is 1. The van der Waals surface area contributed by atoms with E-state index in [9.17, 15) is 9.59 Å². The number of nitrogens with one attached hydrogen (secondary N) is 2. The molecule has 0 radical (unpaired) electrons. The molecule has 1 aromatic carbocycles. The first-order valence-corrected chi connectivity index (χ1v) is 8.50. The lowest BCUT2D eigenvalue weighted by molar-refractivity contribution is -0.118. The van der Waals surface area contributed by atoms with E-state index in [1.54, 1.807) is 55.7 Å². The smallest absolute Gasteiger partial charge is 0.259 e. The minimum atomic E-state index is -0.356. The summed E-state index contributed by atoms with van der Waals surface area (Å²) in [7, 11) is 1.53. The van der Waals surface area contributed by atoms with Gasteiger partial charge in [0.25, 0.3) is 5.91 Å². The minimum Gasteiger partial charge on any atom is -0.497 e. The molecule has 0 atom stereocenters. The van der Waals surface area contributed by atoms with Crippen LogP contribution in [0.4, 0.5) is 11.4 Å². The highest BCUT2D eigenvalue weighted by Crippen LogP contribution is 2.28. The monoisotopic (exact) mass is 367 g/mol. The molecule has 2 heterocycles. The van der Waals surface area contributed by atoms with E-state index in [1.165, 1.54) is 13.3 Å². The number of hydrogen-bond acceptors (Lipinski definition) is 5. The number of carbonyl (C=O) groups excluding carboxylic acids is 2. The van der Waals surface area contributed by atoms with E-state index in [4.69, 9.17) is 4.74 Å². The van der Waals surface area contributed by atoms with Gasteiger partial charge in [-0.1, -0.05) is 13.8 Å². The second-order valence-electron chi connectivity index (χ2n) is 6.37. The highest BCUT2D eigenvalue weighted by molar-refractivity contribution is 6.08. The van der Waals surface area contributed by atoms with Crippen molar-refractivity contribution in [2.45, 2.75) is 20.8 Å². The van der Waals surface area contributed by atoms with Crippen molar-refractivity contribution in [2.24, 2.45) is 5.92 Å². The first-order valence-electron chi connectivity index (χ1n) is 8.50. The van der Waals surface area contributed by atoms with Gasteiger partial charge in [0, 0.05) is 24.2 Å². The molecule has 0 saturated carbocycles. The highest BCUT2D eigenvalue weighted by Gasteiger charge is 2.17. The van der Waals surface area contributed by atoms with Crippen LogP contribution >= 0.6 is 0 Å². The normalized spacial score (nSPS) is 10.9. The maximum absolute atomic E-state index is 12.8. The van der Waals surface area contributed by atoms with Crippen LogP contribution in [0.15, 0.2) is 36.7 Å². The van der Waals surface area contributed by atoms with Crippen LogP contribution in [0, 0.1) is 12.8 Å². The minimum absolute atomic E-state index is 0.147. The Bertz CT molecular complexity index is 1010. The summed E-state index contributed by atoms with van der Waals surface area (Å²) in [5.74, 6) is -0.133. The van der Waals surface area contributed by atoms with E-state index < -0.39 is 0 Å². The lowest BCUT2D eigenvalue weighted by Gasteiger charge is -2.15. The van der Waals surface area contributed by atoms with Crippen molar-refractivity contribution in [1.82, 2.24) is 14.6 Å². The van der Waals surface area contributed by atoms with E-state index in [1.807, 2.05) is 0 Å². The number of methoxy groups -OCH3 is 1. The first kappa shape index (κ1) is 18.4. The summed E-state index contributed by atoms with van der Waals surface area (Å²) in [6.45, 7) is 5.39. The van der Waals surface area contributed by atoms with Gasteiger partial charge < -0.3 is 15.4 Å². The van der Waals surface area contributed by atoms with Gasteiger partial charge in [0.15, 0.2) is 5.65 Å². The summed E-state index contributed by atoms with van der Waals surface area (Å²) < 4.78 is 6.83. The van der Waals surface area contributed by atoms with Gasteiger partial charge in [0.1, 0.15) is 5.75 Å². The van der Waals surface area contributed by atoms with Gasteiger partial charge in [-0.15, -0.1) is 0 Å². The molecule has 0 aliphatic rings. The molecule has 8 nitrogen and oxygen atoms in total. The number of benzene rings is 1. The van der Waals surface area contributed by atoms with Crippen LogP contribution in [0.25, 0.3) is 5.65 Å². The molecule has 0 aliphatic heterocycles. The molecule has 0 saturated heterocycles. The van der Waals surface area contributed by atoms with Gasteiger partial charge >= 0.3 is 0 Å². The van der Waals surface area contributed by atoms with Crippen LogP contribution in [0.5, 0.6) is 5.75 Å². The molecule has 0 aliphatic carbocycles. The molecule has 0 unspecified atom stereocenters. The number of carbonyl (C=O) groups is 2. The molecule has 2 amide bonds. The molecule has 2 N–H and O–H groups in total. The van der Waals surface area contributed by atoms with Crippen molar-refractivity contribution in [2.75, 3.05) is 17.7 Å². The van der Waals surface area contributed by atoms with Gasteiger partial charge in [0.05, 0.1) is 35.9 Å². The average molecular weight is 367 g/mol. The van der Waals surface area contributed by atoms with Gasteiger partial charge in [-0.3, -0.25) is 9.59 Å². The van der Waals surface area contributed by atoms with Crippen molar-refractivity contribution >= 4 is 28.8 Å². The lowest BCUT2D eigenvalue weighted by Crippen LogP contribution is -2.21. The summed E-state index contributed by atoms with van der Waals surface area (Å²) >= 11 is 0. The Kier molecular flexibility index (Phi) is 5.07. The van der Waals surface area contributed by atoms with Crippen LogP contribution in [0.3, 0.4) is 0 Å². The number of ether oxygens (including phenoxy) is 1. The summed E-state index contributed by atoms with van der Waals surface area (Å²) in [5, 5.41) is 9.81. The van der Waals surface area contributed by atoms with Crippen LogP contribution in [-0.2, 0) is 4.79 Å². The molecule has 0 spiro atoms. The molecule has 27 heavy (non-hydrogen) atoms. The largest absolute Gasteiger partial charge is 0.497 e. The highest BCUT2D eigenvalue weighted by atomic mass is 16.5. The second kappa shape index (κ2) is 7.45. The average Bonchev–Trinajstić information content (AvgIpc) is 3.12. The third-order valence-corrected chi connectivity index (χ3v) is 4.16. The summed E-state index contributed by atoms with van der Waals surface area (Å²) in [5.41, 5.74) is 2.64. The lowest BCUT2D eigenvalue weighted by atomic mass is 10.1. The van der Waals surface area contributed by atoms with Crippen LogP contribution < -0.4 is 15.4 Å². The number of anilines is 2. The quantitative estimate of drug-likeness (QED) is 0.723. The van der Waals surface area contributed by atoms with Crippen molar-refractivity contribution in [3.63, 3.8) is 0 Å². The van der Waals surface area contributed by atoms with Gasteiger partial charge in [-0.2, -0.15) is 5.10 Å². The summed E-state index contributed by atoms with van der Waals surface area (Å²) in [6.07, 6.45) is 3.13. The van der Waals surface area contributed by atoms with Gasteiger partial charge in [-0.05, 0) is 19.1 Å². The van der Waals surface area contributed by atoms with Crippen molar-refractivity contribution < 1.29 is 14.3 Å². The van der Waals surface area contributed by atoms with Gasteiger partial charge in [0.2, 0.25) is 5.91 Å². The molecule has 0 fully saturated rings. The predicted octanol–water partition coefficient (Wildman–Crippen LogP) is 2.89. The third kappa shape index (κ3) is 3.74. The molecule has 8 heteroatoms. The molecular formula is C19H21N5O3. The Morgan fingerprint density at radius 3 is 2.63 bits per heavy atom. The van der Waals surface area contributed by atoms with E-state index in [2.05, 4.69) is 20.7 Å². The van der Waals surface area contributed by atoms with Crippen molar-refractivity contribution in [3.05, 3.63) is 47.9 Å². The molecular weight excluding hydrogens is 346 g/mol. The number of amides is 2. The number of hydrogen-bond donors (Lipinski definition) is 2. The maximum Gasteiger partial charge on any atom is 0.259 e. The van der Waals surface area contributed by atoms with E-state index in [0.29, 0.717) is 34.0 Å². The summed E-state index contributed by atoms with van der Waals surface area (Å²) in [6, 6.07) is 6.82. The third-order valence-electron chi connectivity index (χ3n) is 4.16. The van der Waals surface area contributed by atoms with E-state index in [-0.39, 0.29) is 17.7 Å². The topological polar surface area (TPSA) is 97.6 Å². The predicted molar refractivity (Wildman–Crippen MR) is 102 cm³/mol. The zero-order valence-electron chi connectivity index (χ0n) is 15.6. The molecule has 3 rings (SSSR count). The summed E-state index contributed by atoms with van der Waals surface area (Å²) in [4.78, 5) is 29.1. The standard InChI is InChI=1S/C19H21N5O3/c1-11(2)18(25)22-15-6-5-13(27-4)9-16(15)23-19(26)14-10-20-17-7-8-21-24(17)12(14)3/h5-11H,1-4H3,(H,22,25)(H,23,26). The fourth-order valence-electron chi connectivity index (χ4n) is 2.54. The Morgan fingerprint density at radius 2 is 1.93 bits per heavy atom. The molecule has 140 valence electrons. The van der Waals surface area contributed by atoms with E-state index in [0.717, 1.165) is 0 Å². The number of aryl methyl sites for hydroxylation is 1. The van der Waals surface area contributed by atoms with E-state index >= 15 is 0 Å². The number of aromatic nitrogens is 3. The zero-order chi connectivity index (χ0) is 19.6. The molecule has 3 aromatic rings. The SMILES string of the molecule is COc1ccc(NC(=O)C(C)C)c(NC(=O)c2cnc3ccnn3c2C)c1. The van der Waals surface area contributed by atoms with Crippen molar-refractivity contribution in [3.8, 4) is 5.75 Å². The maximum atomic E-state index is 12.8. The van der Waals surface area contributed by atoms with Gasteiger partial charge in [-0.25, -0.2) is 9.50 Å². The zero-order valence-corrected chi connectivity index (χ0v) is 15.6. The Morgan fingerprint density at radius 1 is 1.15 bits per heavy atom. The molecule has 2 aromatic heterocycles. The fourth-order valence-corrected chi connectivity index (χ4v) is 2.54. The number of nitrogens with zero attached hydrogens (tertiary/aromatic N) is 3. The Labute approximate surface area is 156 Å². The molecule has 0 bridgehead atoms. The second-order valence-corrected chi connectivity index (χ2v) is 6.37. The Balaban J connectivity index is 1.93. The first-order chi connectivity index (χ1) is 12.9. The van der Waals surface area contributed by atoms with Crippen molar-refractivity contribution in [1.29, 1.82) is 0 Å². The van der Waals surface area contributed by atoms with Crippen LogP contribution in [0.2, 0.25) is 0 Å².